The number of hydrogen-bond donors (Lipinski definition) is 0. The van der Waals surface area contributed by atoms with E-state index in [0.717, 1.165) is 11.8 Å². The Morgan fingerprint density at radius 1 is 1.25 bits per heavy atom. The lowest BCUT2D eigenvalue weighted by Gasteiger charge is -2.02. The van der Waals surface area contributed by atoms with E-state index in [4.69, 9.17) is 0 Å². The topological polar surface area (TPSA) is 0 Å². The molecule has 0 fully saturated rings. The van der Waals surface area contributed by atoms with Crippen molar-refractivity contribution in [3.05, 3.63) is 41.2 Å². The largest absolute Gasteiger partial charge is 0.121 e. The standard InChI is InChI=1S/C12H14/c1-9-8-10(2)12-7-5-3-4-6-11(9)12/h3-4,6-7,9-10H,8H2,1-2H3. The monoisotopic (exact) mass is 158 g/mol. The summed E-state index contributed by atoms with van der Waals surface area (Å²) < 4.78 is 0. The zero-order valence-electron chi connectivity index (χ0n) is 7.67. The first-order chi connectivity index (χ1) is 5.79. The zero-order valence-corrected chi connectivity index (χ0v) is 7.67. The Morgan fingerprint density at radius 3 is 2.83 bits per heavy atom. The molecule has 0 aliphatic heterocycles. The summed E-state index contributed by atoms with van der Waals surface area (Å²) in [6.07, 6.45) is 9.75. The third-order valence-corrected chi connectivity index (χ3v) is 2.81. The molecule has 2 aliphatic rings. The molecule has 0 N–H and O–H groups in total. The van der Waals surface area contributed by atoms with E-state index >= 15 is 0 Å². The highest BCUT2D eigenvalue weighted by atomic mass is 14.3. The third kappa shape index (κ3) is 1.09. The SMILES string of the molecule is CC1CC(C)C2=C1C=C=CC=C2. The number of hydrogen-bond acceptors (Lipinski definition) is 0. The van der Waals surface area contributed by atoms with Gasteiger partial charge in [-0.15, -0.1) is 5.73 Å². The van der Waals surface area contributed by atoms with E-state index in [2.05, 4.69) is 37.8 Å². The lowest BCUT2D eigenvalue weighted by atomic mass is 10.0. The van der Waals surface area contributed by atoms with Gasteiger partial charge in [-0.3, -0.25) is 0 Å². The van der Waals surface area contributed by atoms with Crippen LogP contribution in [-0.2, 0) is 0 Å². The molecule has 0 saturated heterocycles. The molecule has 0 heterocycles. The maximum absolute atomic E-state index is 3.17. The average Bonchev–Trinajstić information content (AvgIpc) is 2.29. The molecule has 2 unspecified atom stereocenters. The second-order valence-corrected chi connectivity index (χ2v) is 3.79. The van der Waals surface area contributed by atoms with Crippen molar-refractivity contribution in [2.24, 2.45) is 11.8 Å². The lowest BCUT2D eigenvalue weighted by Crippen LogP contribution is -1.91. The first-order valence-corrected chi connectivity index (χ1v) is 4.62. The second kappa shape index (κ2) is 2.80. The summed E-state index contributed by atoms with van der Waals surface area (Å²) in [6, 6.07) is 0. The van der Waals surface area contributed by atoms with Gasteiger partial charge in [-0.2, -0.15) is 0 Å². The predicted molar refractivity (Wildman–Crippen MR) is 51.8 cm³/mol. The fraction of sp³-hybridized carbons (Fsp3) is 0.417. The summed E-state index contributed by atoms with van der Waals surface area (Å²) in [7, 11) is 0. The van der Waals surface area contributed by atoms with Crippen molar-refractivity contribution >= 4 is 0 Å². The molecule has 2 rings (SSSR count). The Labute approximate surface area is 74.0 Å². The molecule has 0 aromatic rings. The second-order valence-electron chi connectivity index (χ2n) is 3.79. The van der Waals surface area contributed by atoms with Crippen LogP contribution in [0.2, 0.25) is 0 Å². The molecule has 0 amide bonds. The predicted octanol–water partition coefficient (Wildman–Crippen LogP) is 3.24. The minimum absolute atomic E-state index is 0.721. The molecular formula is C12H14. The van der Waals surface area contributed by atoms with Crippen molar-refractivity contribution < 1.29 is 0 Å². The minimum Gasteiger partial charge on any atom is -0.121 e. The summed E-state index contributed by atoms with van der Waals surface area (Å²) in [5, 5.41) is 0. The maximum atomic E-state index is 3.17. The van der Waals surface area contributed by atoms with Gasteiger partial charge in [0.05, 0.1) is 0 Å². The van der Waals surface area contributed by atoms with Crippen LogP contribution in [0.5, 0.6) is 0 Å². The van der Waals surface area contributed by atoms with E-state index < -0.39 is 0 Å². The summed E-state index contributed by atoms with van der Waals surface area (Å²) in [5.74, 6) is 1.45. The Balaban J connectivity index is 2.47. The third-order valence-electron chi connectivity index (χ3n) is 2.81. The van der Waals surface area contributed by atoms with Crippen LogP contribution in [0.4, 0.5) is 0 Å². The fourth-order valence-electron chi connectivity index (χ4n) is 2.18. The van der Waals surface area contributed by atoms with Gasteiger partial charge >= 0.3 is 0 Å². The molecule has 0 radical (unpaired) electrons. The van der Waals surface area contributed by atoms with Crippen LogP contribution < -0.4 is 0 Å². The highest BCUT2D eigenvalue weighted by Crippen LogP contribution is 2.38. The fourth-order valence-corrected chi connectivity index (χ4v) is 2.18. The van der Waals surface area contributed by atoms with E-state index in [0.29, 0.717) is 0 Å². The normalized spacial score (nSPS) is 32.5. The molecule has 0 heteroatoms. The first-order valence-electron chi connectivity index (χ1n) is 4.62. The molecule has 0 saturated carbocycles. The van der Waals surface area contributed by atoms with Crippen molar-refractivity contribution in [3.8, 4) is 0 Å². The van der Waals surface area contributed by atoms with E-state index in [1.165, 1.54) is 17.6 Å². The molecule has 0 aromatic carbocycles. The highest BCUT2D eigenvalue weighted by Gasteiger charge is 2.24. The molecular weight excluding hydrogens is 144 g/mol. The van der Waals surface area contributed by atoms with Crippen LogP contribution in [0.3, 0.4) is 0 Å². The van der Waals surface area contributed by atoms with Crippen LogP contribution in [0.15, 0.2) is 41.2 Å². The van der Waals surface area contributed by atoms with E-state index in [-0.39, 0.29) is 0 Å². The molecule has 0 spiro atoms. The Hall–Kier alpha value is -1.00. The minimum atomic E-state index is 0.721. The quantitative estimate of drug-likeness (QED) is 0.475. The van der Waals surface area contributed by atoms with Gasteiger partial charge < -0.3 is 0 Å². The number of rotatable bonds is 0. The van der Waals surface area contributed by atoms with Gasteiger partial charge in [0.1, 0.15) is 0 Å². The maximum Gasteiger partial charge on any atom is -0.0162 e. The van der Waals surface area contributed by atoms with E-state index in [1.54, 1.807) is 0 Å². The highest BCUT2D eigenvalue weighted by molar-refractivity contribution is 5.42. The Kier molecular flexibility index (Phi) is 1.78. The van der Waals surface area contributed by atoms with Crippen molar-refractivity contribution in [1.29, 1.82) is 0 Å². The van der Waals surface area contributed by atoms with Gasteiger partial charge in [-0.05, 0) is 41.6 Å². The van der Waals surface area contributed by atoms with Crippen molar-refractivity contribution in [1.82, 2.24) is 0 Å². The van der Waals surface area contributed by atoms with Gasteiger partial charge in [-0.25, -0.2) is 0 Å². The summed E-state index contributed by atoms with van der Waals surface area (Å²) in [5.41, 5.74) is 6.19. The Bertz CT molecular complexity index is 309. The van der Waals surface area contributed by atoms with E-state index in [1.807, 2.05) is 6.08 Å². The molecule has 0 nitrogen and oxygen atoms in total. The van der Waals surface area contributed by atoms with Crippen LogP contribution >= 0.6 is 0 Å². The Morgan fingerprint density at radius 2 is 2.00 bits per heavy atom. The van der Waals surface area contributed by atoms with Crippen LogP contribution in [-0.4, -0.2) is 0 Å². The van der Waals surface area contributed by atoms with Crippen LogP contribution in [0.1, 0.15) is 20.3 Å². The van der Waals surface area contributed by atoms with Gasteiger partial charge in [0.15, 0.2) is 0 Å². The molecule has 0 aromatic heterocycles. The number of allylic oxidation sites excluding steroid dienone is 5. The van der Waals surface area contributed by atoms with Gasteiger partial charge in [-0.1, -0.05) is 26.0 Å². The van der Waals surface area contributed by atoms with Crippen LogP contribution in [0.25, 0.3) is 0 Å². The van der Waals surface area contributed by atoms with E-state index in [9.17, 15) is 0 Å². The zero-order chi connectivity index (χ0) is 8.55. The summed E-state index contributed by atoms with van der Waals surface area (Å²) in [4.78, 5) is 0. The van der Waals surface area contributed by atoms with Crippen molar-refractivity contribution in [3.63, 3.8) is 0 Å². The lowest BCUT2D eigenvalue weighted by molar-refractivity contribution is 0.574. The van der Waals surface area contributed by atoms with Gasteiger partial charge in [0.2, 0.25) is 0 Å². The average molecular weight is 158 g/mol. The van der Waals surface area contributed by atoms with Crippen LogP contribution in [0, 0.1) is 11.8 Å². The van der Waals surface area contributed by atoms with Gasteiger partial charge in [0, 0.05) is 0 Å². The summed E-state index contributed by atoms with van der Waals surface area (Å²) >= 11 is 0. The molecule has 2 aliphatic carbocycles. The van der Waals surface area contributed by atoms with Gasteiger partial charge in [0.25, 0.3) is 0 Å². The molecule has 2 atom stereocenters. The molecule has 62 valence electrons. The van der Waals surface area contributed by atoms with Crippen molar-refractivity contribution in [2.45, 2.75) is 20.3 Å². The first kappa shape index (κ1) is 7.64. The molecule has 0 bridgehead atoms. The van der Waals surface area contributed by atoms with Crippen molar-refractivity contribution in [2.75, 3.05) is 0 Å². The smallest absolute Gasteiger partial charge is 0.0162 e. The summed E-state index contributed by atoms with van der Waals surface area (Å²) in [6.45, 7) is 4.61. The molecule has 12 heavy (non-hydrogen) atoms.